The summed E-state index contributed by atoms with van der Waals surface area (Å²) in [6, 6.07) is 0.837. The summed E-state index contributed by atoms with van der Waals surface area (Å²) in [7, 11) is 2.24. The fourth-order valence-electron chi connectivity index (χ4n) is 3.02. The number of nitrogens with zero attached hydrogens (tertiary/aromatic N) is 2. The molecule has 1 aliphatic heterocycles. The van der Waals surface area contributed by atoms with Crippen LogP contribution in [0.3, 0.4) is 0 Å². The quantitative estimate of drug-likeness (QED) is 0.700. The van der Waals surface area contributed by atoms with Crippen molar-refractivity contribution >= 4 is 0 Å². The highest BCUT2D eigenvalue weighted by Gasteiger charge is 2.25. The van der Waals surface area contributed by atoms with Crippen LogP contribution in [0.15, 0.2) is 12.8 Å². The first kappa shape index (κ1) is 13.9. The second kappa shape index (κ2) is 7.15. The first-order chi connectivity index (χ1) is 8.79. The molecule has 0 radical (unpaired) electrons. The van der Waals surface area contributed by atoms with Crippen LogP contribution in [0, 0.1) is 5.92 Å². The Hall–Kier alpha value is -0.540. The van der Waals surface area contributed by atoms with Crippen LogP contribution in [0.5, 0.6) is 0 Å². The molecule has 3 nitrogen and oxygen atoms in total. The molecule has 3 heteroatoms. The summed E-state index contributed by atoms with van der Waals surface area (Å²) in [6.45, 7) is 8.58. The molecule has 104 valence electrons. The van der Waals surface area contributed by atoms with E-state index in [9.17, 15) is 0 Å². The van der Waals surface area contributed by atoms with Gasteiger partial charge in [-0.15, -0.1) is 0 Å². The molecule has 0 amide bonds. The fraction of sp³-hybridized carbons (Fsp3) is 0.867. The van der Waals surface area contributed by atoms with Crippen LogP contribution in [-0.2, 0) is 0 Å². The molecule has 1 N–H and O–H groups in total. The lowest BCUT2D eigenvalue weighted by molar-refractivity contribution is 0.106. The van der Waals surface area contributed by atoms with Gasteiger partial charge in [0.15, 0.2) is 0 Å². The molecule has 0 atom stereocenters. The topological polar surface area (TPSA) is 18.5 Å². The van der Waals surface area contributed by atoms with Crippen molar-refractivity contribution in [1.82, 2.24) is 15.1 Å². The van der Waals surface area contributed by atoms with Gasteiger partial charge in [0.05, 0.1) is 6.67 Å². The van der Waals surface area contributed by atoms with Crippen LogP contribution in [0.25, 0.3) is 0 Å². The van der Waals surface area contributed by atoms with Crippen LogP contribution < -0.4 is 5.32 Å². The number of piperidine rings is 1. The molecule has 1 heterocycles. The van der Waals surface area contributed by atoms with Crippen LogP contribution in [-0.4, -0.2) is 49.2 Å². The minimum Gasteiger partial charge on any atom is -0.379 e. The maximum atomic E-state index is 3.75. The van der Waals surface area contributed by atoms with E-state index in [0.717, 1.165) is 18.6 Å². The molecule has 2 aliphatic rings. The van der Waals surface area contributed by atoms with E-state index in [2.05, 4.69) is 28.7 Å². The monoisotopic (exact) mass is 251 g/mol. The van der Waals surface area contributed by atoms with Crippen molar-refractivity contribution in [3.8, 4) is 0 Å². The first-order valence-corrected chi connectivity index (χ1v) is 7.56. The molecule has 0 aromatic carbocycles. The molecule has 0 bridgehead atoms. The van der Waals surface area contributed by atoms with Gasteiger partial charge in [-0.25, -0.2) is 0 Å². The van der Waals surface area contributed by atoms with Gasteiger partial charge in [-0.05, 0) is 64.4 Å². The highest BCUT2D eigenvalue weighted by molar-refractivity contribution is 4.81. The predicted octanol–water partition coefficient (Wildman–Crippen LogP) is 2.26. The molecule has 1 saturated heterocycles. The lowest BCUT2D eigenvalue weighted by atomic mass is 9.90. The third-order valence-corrected chi connectivity index (χ3v) is 4.69. The SMILES string of the molecule is C=CNCN(CCC1CCN(C)CC1)C1CCC1. The Morgan fingerprint density at radius 1 is 1.28 bits per heavy atom. The lowest BCUT2D eigenvalue weighted by Gasteiger charge is -2.39. The van der Waals surface area contributed by atoms with E-state index in [1.54, 1.807) is 0 Å². The Labute approximate surface area is 112 Å². The Morgan fingerprint density at radius 2 is 2.00 bits per heavy atom. The molecule has 0 spiro atoms. The molecule has 0 aromatic rings. The van der Waals surface area contributed by atoms with E-state index < -0.39 is 0 Å². The van der Waals surface area contributed by atoms with Crippen molar-refractivity contribution in [3.63, 3.8) is 0 Å². The molecule has 0 unspecified atom stereocenters. The average Bonchev–Trinajstić information content (AvgIpc) is 2.32. The Bertz CT molecular complexity index is 242. The first-order valence-electron chi connectivity index (χ1n) is 7.56. The van der Waals surface area contributed by atoms with E-state index in [4.69, 9.17) is 0 Å². The van der Waals surface area contributed by atoms with Crippen molar-refractivity contribution in [1.29, 1.82) is 0 Å². The van der Waals surface area contributed by atoms with Gasteiger partial charge in [-0.2, -0.15) is 0 Å². The van der Waals surface area contributed by atoms with Crippen molar-refractivity contribution in [2.45, 2.75) is 44.6 Å². The number of hydrogen-bond acceptors (Lipinski definition) is 3. The van der Waals surface area contributed by atoms with Gasteiger partial charge in [-0.1, -0.05) is 13.0 Å². The zero-order valence-electron chi connectivity index (χ0n) is 11.9. The van der Waals surface area contributed by atoms with Crippen LogP contribution in [0.2, 0.25) is 0 Å². The highest BCUT2D eigenvalue weighted by atomic mass is 15.2. The minimum absolute atomic E-state index is 0.837. The van der Waals surface area contributed by atoms with Gasteiger partial charge in [-0.3, -0.25) is 4.90 Å². The third kappa shape index (κ3) is 3.99. The van der Waals surface area contributed by atoms with Crippen molar-refractivity contribution in [3.05, 3.63) is 12.8 Å². The Balaban J connectivity index is 1.69. The fourth-order valence-corrected chi connectivity index (χ4v) is 3.02. The van der Waals surface area contributed by atoms with Crippen molar-refractivity contribution < 1.29 is 0 Å². The molecule has 2 rings (SSSR count). The molecule has 18 heavy (non-hydrogen) atoms. The van der Waals surface area contributed by atoms with Gasteiger partial charge in [0.1, 0.15) is 0 Å². The normalized spacial score (nSPS) is 23.0. The number of nitrogens with one attached hydrogen (secondary N) is 1. The largest absolute Gasteiger partial charge is 0.379 e. The highest BCUT2D eigenvalue weighted by Crippen LogP contribution is 2.26. The van der Waals surface area contributed by atoms with E-state index in [1.807, 2.05) is 6.20 Å². The smallest absolute Gasteiger partial charge is 0.0675 e. The number of hydrogen-bond donors (Lipinski definition) is 1. The molecule has 1 aliphatic carbocycles. The average molecular weight is 251 g/mol. The second-order valence-corrected chi connectivity index (χ2v) is 6.00. The predicted molar refractivity (Wildman–Crippen MR) is 77.4 cm³/mol. The van der Waals surface area contributed by atoms with Gasteiger partial charge < -0.3 is 10.2 Å². The summed E-state index contributed by atoms with van der Waals surface area (Å²) in [6.07, 6.45) is 10.2. The standard InChI is InChI=1S/C15H29N3/c1-3-16-13-18(15-5-4-6-15)12-9-14-7-10-17(2)11-8-14/h3,14-16H,1,4-13H2,2H3. The molecule has 1 saturated carbocycles. The molecular weight excluding hydrogens is 222 g/mol. The van der Waals surface area contributed by atoms with Gasteiger partial charge >= 0.3 is 0 Å². The molecule has 0 aromatic heterocycles. The van der Waals surface area contributed by atoms with E-state index in [-0.39, 0.29) is 0 Å². The number of rotatable bonds is 7. The lowest BCUT2D eigenvalue weighted by Crippen LogP contribution is -2.45. The molecule has 2 fully saturated rings. The summed E-state index contributed by atoms with van der Waals surface area (Å²) < 4.78 is 0. The van der Waals surface area contributed by atoms with Crippen molar-refractivity contribution in [2.24, 2.45) is 5.92 Å². The summed E-state index contributed by atoms with van der Waals surface area (Å²) >= 11 is 0. The summed E-state index contributed by atoms with van der Waals surface area (Å²) in [5, 5.41) is 3.27. The van der Waals surface area contributed by atoms with Crippen LogP contribution in [0.1, 0.15) is 38.5 Å². The minimum atomic E-state index is 0.837. The zero-order chi connectivity index (χ0) is 12.8. The van der Waals surface area contributed by atoms with E-state index in [1.165, 1.54) is 58.2 Å². The third-order valence-electron chi connectivity index (χ3n) is 4.69. The van der Waals surface area contributed by atoms with Gasteiger partial charge in [0.2, 0.25) is 0 Å². The maximum Gasteiger partial charge on any atom is 0.0675 e. The second-order valence-electron chi connectivity index (χ2n) is 6.00. The van der Waals surface area contributed by atoms with E-state index in [0.29, 0.717) is 0 Å². The number of likely N-dealkylation sites (tertiary alicyclic amines) is 1. The van der Waals surface area contributed by atoms with Gasteiger partial charge in [0, 0.05) is 12.6 Å². The zero-order valence-corrected chi connectivity index (χ0v) is 11.9. The van der Waals surface area contributed by atoms with E-state index >= 15 is 0 Å². The van der Waals surface area contributed by atoms with Gasteiger partial charge in [0.25, 0.3) is 0 Å². The Kier molecular flexibility index (Phi) is 5.51. The summed E-state index contributed by atoms with van der Waals surface area (Å²) in [5.74, 6) is 0.951. The summed E-state index contributed by atoms with van der Waals surface area (Å²) in [4.78, 5) is 5.09. The molecular formula is C15H29N3. The van der Waals surface area contributed by atoms with Crippen molar-refractivity contribution in [2.75, 3.05) is 33.4 Å². The van der Waals surface area contributed by atoms with Crippen LogP contribution in [0.4, 0.5) is 0 Å². The maximum absolute atomic E-state index is 3.75. The summed E-state index contributed by atoms with van der Waals surface area (Å²) in [5.41, 5.74) is 0. The van der Waals surface area contributed by atoms with Crippen LogP contribution >= 0.6 is 0 Å². The Morgan fingerprint density at radius 3 is 2.56 bits per heavy atom.